The van der Waals surface area contributed by atoms with Crippen LogP contribution in [0.4, 0.5) is 0 Å². The second-order valence-corrected chi connectivity index (χ2v) is 7.02. The maximum absolute atomic E-state index is 12.1. The van der Waals surface area contributed by atoms with Crippen LogP contribution in [0.3, 0.4) is 0 Å². The van der Waals surface area contributed by atoms with Crippen molar-refractivity contribution in [2.24, 2.45) is 5.92 Å². The van der Waals surface area contributed by atoms with Crippen LogP contribution in [-0.2, 0) is 4.79 Å². The van der Waals surface area contributed by atoms with Gasteiger partial charge in [0.1, 0.15) is 0 Å². The third-order valence-electron chi connectivity index (χ3n) is 3.46. The van der Waals surface area contributed by atoms with E-state index in [9.17, 15) is 4.79 Å². The van der Waals surface area contributed by atoms with E-state index in [1.165, 1.54) is 12.8 Å². The van der Waals surface area contributed by atoms with E-state index in [-0.39, 0.29) is 11.2 Å². The fraction of sp³-hybridized carbons (Fsp3) is 0.533. The molecule has 20 heavy (non-hydrogen) atoms. The van der Waals surface area contributed by atoms with Gasteiger partial charge in [0.25, 0.3) is 0 Å². The molecule has 3 nitrogen and oxygen atoms in total. The van der Waals surface area contributed by atoms with Crippen LogP contribution < -0.4 is 10.6 Å². The Morgan fingerprint density at radius 3 is 2.90 bits per heavy atom. The highest BCUT2D eigenvalue weighted by molar-refractivity contribution is 8.00. The van der Waals surface area contributed by atoms with Gasteiger partial charge in [0.15, 0.2) is 0 Å². The molecule has 1 heterocycles. The average molecular weight is 313 g/mol. The molecule has 1 amide bonds. The molecule has 5 heteroatoms. The number of halogens is 1. The van der Waals surface area contributed by atoms with Gasteiger partial charge in [-0.05, 0) is 63.0 Å². The fourth-order valence-electron chi connectivity index (χ4n) is 2.26. The molecule has 2 N–H and O–H groups in total. The maximum Gasteiger partial charge on any atom is 0.233 e. The molecule has 1 fully saturated rings. The average Bonchev–Trinajstić information content (AvgIpc) is 2.48. The summed E-state index contributed by atoms with van der Waals surface area (Å²) in [5.74, 6) is 0.677. The number of carbonyl (C=O) groups excluding carboxylic acids is 1. The molecular weight excluding hydrogens is 292 g/mol. The normalized spacial score (nSPS) is 20.4. The van der Waals surface area contributed by atoms with Crippen molar-refractivity contribution in [3.8, 4) is 0 Å². The predicted octanol–water partition coefficient (Wildman–Crippen LogP) is 2.94. The lowest BCUT2D eigenvalue weighted by Crippen LogP contribution is -2.40. The molecule has 0 radical (unpaired) electrons. The Morgan fingerprint density at radius 2 is 2.25 bits per heavy atom. The van der Waals surface area contributed by atoms with Gasteiger partial charge in [0.05, 0.1) is 5.25 Å². The summed E-state index contributed by atoms with van der Waals surface area (Å²) < 4.78 is 0. The van der Waals surface area contributed by atoms with Gasteiger partial charge in [-0.15, -0.1) is 11.8 Å². The molecule has 2 atom stereocenters. The van der Waals surface area contributed by atoms with Gasteiger partial charge in [-0.25, -0.2) is 0 Å². The summed E-state index contributed by atoms with van der Waals surface area (Å²) in [5, 5.41) is 7.05. The zero-order valence-corrected chi connectivity index (χ0v) is 13.3. The van der Waals surface area contributed by atoms with Gasteiger partial charge < -0.3 is 10.6 Å². The van der Waals surface area contributed by atoms with Gasteiger partial charge >= 0.3 is 0 Å². The molecule has 1 aliphatic heterocycles. The first kappa shape index (κ1) is 15.7. The van der Waals surface area contributed by atoms with Crippen LogP contribution in [-0.4, -0.2) is 30.8 Å². The second kappa shape index (κ2) is 7.91. The van der Waals surface area contributed by atoms with Crippen molar-refractivity contribution in [1.82, 2.24) is 10.6 Å². The number of hydrogen-bond acceptors (Lipinski definition) is 3. The van der Waals surface area contributed by atoms with Crippen molar-refractivity contribution in [2.45, 2.75) is 29.9 Å². The Hall–Kier alpha value is -0.710. The third-order valence-corrected chi connectivity index (χ3v) is 4.82. The molecule has 1 saturated heterocycles. The lowest BCUT2D eigenvalue weighted by molar-refractivity contribution is -0.120. The van der Waals surface area contributed by atoms with E-state index in [4.69, 9.17) is 11.6 Å². The highest BCUT2D eigenvalue weighted by Crippen LogP contribution is 2.24. The van der Waals surface area contributed by atoms with Crippen molar-refractivity contribution >= 4 is 29.3 Å². The summed E-state index contributed by atoms with van der Waals surface area (Å²) in [6, 6.07) is 7.59. The van der Waals surface area contributed by atoms with E-state index < -0.39 is 0 Å². The Labute approximate surface area is 129 Å². The molecule has 0 spiro atoms. The van der Waals surface area contributed by atoms with Crippen LogP contribution in [0.25, 0.3) is 0 Å². The molecule has 0 bridgehead atoms. The van der Waals surface area contributed by atoms with Crippen LogP contribution in [0, 0.1) is 5.92 Å². The van der Waals surface area contributed by atoms with Crippen LogP contribution in [0.15, 0.2) is 29.2 Å². The van der Waals surface area contributed by atoms with E-state index in [2.05, 4.69) is 10.6 Å². The largest absolute Gasteiger partial charge is 0.355 e. The van der Waals surface area contributed by atoms with Gasteiger partial charge in [-0.2, -0.15) is 0 Å². The minimum atomic E-state index is -0.0901. The van der Waals surface area contributed by atoms with E-state index in [1.54, 1.807) is 11.8 Å². The van der Waals surface area contributed by atoms with Crippen molar-refractivity contribution < 1.29 is 4.79 Å². The molecule has 2 rings (SSSR count). The topological polar surface area (TPSA) is 41.1 Å². The van der Waals surface area contributed by atoms with Gasteiger partial charge in [0.2, 0.25) is 5.91 Å². The Morgan fingerprint density at radius 1 is 1.50 bits per heavy atom. The number of thioether (sulfide) groups is 1. The summed E-state index contributed by atoms with van der Waals surface area (Å²) in [5.41, 5.74) is 0. The predicted molar refractivity (Wildman–Crippen MR) is 85.4 cm³/mol. The van der Waals surface area contributed by atoms with Gasteiger partial charge in [-0.3, -0.25) is 4.79 Å². The zero-order chi connectivity index (χ0) is 14.4. The molecule has 110 valence electrons. The monoisotopic (exact) mass is 312 g/mol. The van der Waals surface area contributed by atoms with Gasteiger partial charge in [0, 0.05) is 16.5 Å². The minimum Gasteiger partial charge on any atom is -0.355 e. The number of carbonyl (C=O) groups is 1. The highest BCUT2D eigenvalue weighted by Gasteiger charge is 2.17. The number of benzene rings is 1. The van der Waals surface area contributed by atoms with Crippen molar-refractivity contribution in [1.29, 1.82) is 0 Å². The number of nitrogens with one attached hydrogen (secondary N) is 2. The quantitative estimate of drug-likeness (QED) is 0.821. The lowest BCUT2D eigenvalue weighted by Gasteiger charge is -2.23. The Balaban J connectivity index is 1.75. The van der Waals surface area contributed by atoms with E-state index in [0.717, 1.165) is 29.6 Å². The summed E-state index contributed by atoms with van der Waals surface area (Å²) in [7, 11) is 0. The molecule has 0 aliphatic carbocycles. The van der Waals surface area contributed by atoms with E-state index in [0.29, 0.717) is 5.92 Å². The minimum absolute atomic E-state index is 0.0901. The number of rotatable bonds is 5. The van der Waals surface area contributed by atoms with Gasteiger partial charge in [-0.1, -0.05) is 11.6 Å². The molecule has 0 aromatic heterocycles. The Kier molecular flexibility index (Phi) is 6.20. The zero-order valence-electron chi connectivity index (χ0n) is 11.7. The Bertz CT molecular complexity index is 432. The second-order valence-electron chi connectivity index (χ2n) is 5.17. The summed E-state index contributed by atoms with van der Waals surface area (Å²) in [6.07, 6.45) is 2.40. The SMILES string of the molecule is CC(Sc1ccc(Cl)cc1)C(=O)NCC1CCCNC1. The molecule has 2 unspecified atom stereocenters. The summed E-state index contributed by atoms with van der Waals surface area (Å²) in [4.78, 5) is 13.1. The number of hydrogen-bond donors (Lipinski definition) is 2. The summed E-state index contributed by atoms with van der Waals surface area (Å²) >= 11 is 7.41. The van der Waals surface area contributed by atoms with Crippen LogP contribution >= 0.6 is 23.4 Å². The molecule has 0 saturated carbocycles. The maximum atomic E-state index is 12.1. The first-order chi connectivity index (χ1) is 9.65. The first-order valence-electron chi connectivity index (χ1n) is 7.06. The fourth-order valence-corrected chi connectivity index (χ4v) is 3.28. The van der Waals surface area contributed by atoms with Crippen molar-refractivity contribution in [3.63, 3.8) is 0 Å². The van der Waals surface area contributed by atoms with E-state index >= 15 is 0 Å². The number of amides is 1. The van der Waals surface area contributed by atoms with Crippen molar-refractivity contribution in [2.75, 3.05) is 19.6 Å². The molecule has 1 aromatic rings. The first-order valence-corrected chi connectivity index (χ1v) is 8.31. The molecule has 1 aliphatic rings. The van der Waals surface area contributed by atoms with Crippen LogP contribution in [0.2, 0.25) is 5.02 Å². The van der Waals surface area contributed by atoms with E-state index in [1.807, 2.05) is 31.2 Å². The van der Waals surface area contributed by atoms with Crippen LogP contribution in [0.5, 0.6) is 0 Å². The number of piperidine rings is 1. The molecular formula is C15H21ClN2OS. The summed E-state index contributed by atoms with van der Waals surface area (Å²) in [6.45, 7) is 4.83. The lowest BCUT2D eigenvalue weighted by atomic mass is 10.00. The standard InChI is InChI=1S/C15H21ClN2OS/c1-11(20-14-6-4-13(16)5-7-14)15(19)18-10-12-3-2-8-17-9-12/h4-7,11-12,17H,2-3,8-10H2,1H3,(H,18,19). The van der Waals surface area contributed by atoms with Crippen LogP contribution in [0.1, 0.15) is 19.8 Å². The molecule has 1 aromatic carbocycles. The highest BCUT2D eigenvalue weighted by atomic mass is 35.5. The third kappa shape index (κ3) is 5.00. The smallest absolute Gasteiger partial charge is 0.233 e. The van der Waals surface area contributed by atoms with Crippen molar-refractivity contribution in [3.05, 3.63) is 29.3 Å².